The Morgan fingerprint density at radius 2 is 2.22 bits per heavy atom. The molecule has 1 aromatic heterocycles. The molecule has 1 amide bonds. The second kappa shape index (κ2) is 6.51. The molecule has 0 saturated carbocycles. The summed E-state index contributed by atoms with van der Waals surface area (Å²) < 4.78 is 4.62. The standard InChI is InChI=1S/C12H18N2O3S/c1-8(12(16)17-3)7-14(2)11(15)10(13)9-5-4-6-18-9/h4-6,8,10H,7,13H2,1-3H3. The SMILES string of the molecule is COC(=O)C(C)CN(C)C(=O)C(N)c1cccs1. The van der Waals surface area contributed by atoms with Crippen LogP contribution in [-0.4, -0.2) is 37.5 Å². The Labute approximate surface area is 111 Å². The Morgan fingerprint density at radius 3 is 2.72 bits per heavy atom. The van der Waals surface area contributed by atoms with Crippen LogP contribution in [0.4, 0.5) is 0 Å². The highest BCUT2D eigenvalue weighted by molar-refractivity contribution is 7.10. The zero-order valence-electron chi connectivity index (χ0n) is 10.8. The van der Waals surface area contributed by atoms with Crippen molar-refractivity contribution < 1.29 is 14.3 Å². The van der Waals surface area contributed by atoms with Crippen LogP contribution in [0.15, 0.2) is 17.5 Å². The molecule has 2 N–H and O–H groups in total. The van der Waals surface area contributed by atoms with Gasteiger partial charge in [0.1, 0.15) is 6.04 Å². The van der Waals surface area contributed by atoms with Crippen molar-refractivity contribution in [2.45, 2.75) is 13.0 Å². The van der Waals surface area contributed by atoms with Crippen LogP contribution in [0, 0.1) is 5.92 Å². The topological polar surface area (TPSA) is 72.6 Å². The maximum absolute atomic E-state index is 12.0. The molecule has 0 saturated heterocycles. The van der Waals surface area contributed by atoms with E-state index in [2.05, 4.69) is 4.74 Å². The van der Waals surface area contributed by atoms with Crippen LogP contribution >= 0.6 is 11.3 Å². The molecular weight excluding hydrogens is 252 g/mol. The maximum atomic E-state index is 12.0. The van der Waals surface area contributed by atoms with Crippen molar-refractivity contribution in [3.05, 3.63) is 22.4 Å². The normalized spacial score (nSPS) is 13.8. The number of nitrogens with two attached hydrogens (primary N) is 1. The summed E-state index contributed by atoms with van der Waals surface area (Å²) in [5, 5.41) is 1.87. The van der Waals surface area contributed by atoms with Gasteiger partial charge in [-0.25, -0.2) is 0 Å². The quantitative estimate of drug-likeness (QED) is 0.811. The largest absolute Gasteiger partial charge is 0.469 e. The number of likely N-dealkylation sites (N-methyl/N-ethyl adjacent to an activating group) is 1. The fourth-order valence-corrected chi connectivity index (χ4v) is 2.32. The Balaban J connectivity index is 2.59. The van der Waals surface area contributed by atoms with E-state index in [1.807, 2.05) is 17.5 Å². The van der Waals surface area contributed by atoms with Gasteiger partial charge in [0.05, 0.1) is 13.0 Å². The summed E-state index contributed by atoms with van der Waals surface area (Å²) in [4.78, 5) is 25.6. The van der Waals surface area contributed by atoms with Gasteiger partial charge in [0.25, 0.3) is 0 Å². The molecule has 0 spiro atoms. The second-order valence-corrected chi connectivity index (χ2v) is 5.12. The third-order valence-corrected chi connectivity index (χ3v) is 3.60. The first-order chi connectivity index (χ1) is 8.47. The second-order valence-electron chi connectivity index (χ2n) is 4.14. The van der Waals surface area contributed by atoms with Crippen molar-refractivity contribution in [2.24, 2.45) is 11.7 Å². The molecule has 1 heterocycles. The molecule has 5 nitrogen and oxygen atoms in total. The van der Waals surface area contributed by atoms with Crippen LogP contribution in [0.3, 0.4) is 0 Å². The zero-order valence-corrected chi connectivity index (χ0v) is 11.6. The van der Waals surface area contributed by atoms with E-state index in [9.17, 15) is 9.59 Å². The number of esters is 1. The molecule has 0 radical (unpaired) electrons. The van der Waals surface area contributed by atoms with Gasteiger partial charge in [-0.2, -0.15) is 0 Å². The van der Waals surface area contributed by atoms with Gasteiger partial charge in [-0.05, 0) is 11.4 Å². The van der Waals surface area contributed by atoms with Gasteiger partial charge in [0.2, 0.25) is 5.91 Å². The van der Waals surface area contributed by atoms with Crippen LogP contribution in [0.1, 0.15) is 17.8 Å². The van der Waals surface area contributed by atoms with Gasteiger partial charge in [-0.15, -0.1) is 11.3 Å². The average Bonchev–Trinajstić information content (AvgIpc) is 2.89. The highest BCUT2D eigenvalue weighted by atomic mass is 32.1. The van der Waals surface area contributed by atoms with Crippen LogP contribution in [-0.2, 0) is 14.3 Å². The number of methoxy groups -OCH3 is 1. The number of carbonyl (C=O) groups excluding carboxylic acids is 2. The van der Waals surface area contributed by atoms with E-state index in [0.717, 1.165) is 4.88 Å². The van der Waals surface area contributed by atoms with Crippen LogP contribution in [0.25, 0.3) is 0 Å². The summed E-state index contributed by atoms with van der Waals surface area (Å²) >= 11 is 1.44. The van der Waals surface area contributed by atoms with E-state index in [4.69, 9.17) is 5.73 Å². The van der Waals surface area contributed by atoms with Gasteiger partial charge in [0.15, 0.2) is 0 Å². The molecule has 100 valence electrons. The number of amides is 1. The molecule has 2 atom stereocenters. The van der Waals surface area contributed by atoms with Gasteiger partial charge in [-0.3, -0.25) is 9.59 Å². The van der Waals surface area contributed by atoms with Crippen molar-refractivity contribution in [1.82, 2.24) is 4.90 Å². The van der Waals surface area contributed by atoms with Crippen molar-refractivity contribution >= 4 is 23.2 Å². The van der Waals surface area contributed by atoms with E-state index in [0.29, 0.717) is 6.54 Å². The number of rotatable bonds is 5. The molecule has 0 fully saturated rings. The Bertz CT molecular complexity index is 405. The number of ether oxygens (including phenoxy) is 1. The Morgan fingerprint density at radius 1 is 1.56 bits per heavy atom. The summed E-state index contributed by atoms with van der Waals surface area (Å²) in [6.45, 7) is 2.01. The number of thiophene rings is 1. The van der Waals surface area contributed by atoms with Crippen LogP contribution in [0.5, 0.6) is 0 Å². The van der Waals surface area contributed by atoms with Crippen molar-refractivity contribution in [1.29, 1.82) is 0 Å². The van der Waals surface area contributed by atoms with Gasteiger partial charge in [0, 0.05) is 18.5 Å². The molecule has 18 heavy (non-hydrogen) atoms. The molecule has 2 unspecified atom stereocenters. The summed E-state index contributed by atoms with van der Waals surface area (Å²) in [7, 11) is 2.97. The minimum atomic E-state index is -0.667. The highest BCUT2D eigenvalue weighted by Crippen LogP contribution is 2.18. The highest BCUT2D eigenvalue weighted by Gasteiger charge is 2.24. The Hall–Kier alpha value is -1.40. The molecule has 1 rings (SSSR count). The number of carbonyl (C=O) groups is 2. The Kier molecular flexibility index (Phi) is 5.30. The molecule has 0 aliphatic heterocycles. The van der Waals surface area contributed by atoms with Gasteiger partial charge in [-0.1, -0.05) is 13.0 Å². The van der Waals surface area contributed by atoms with Crippen molar-refractivity contribution in [3.8, 4) is 0 Å². The molecular formula is C12H18N2O3S. The first-order valence-electron chi connectivity index (χ1n) is 5.59. The monoisotopic (exact) mass is 270 g/mol. The summed E-state index contributed by atoms with van der Waals surface area (Å²) in [6.07, 6.45) is 0. The lowest BCUT2D eigenvalue weighted by atomic mass is 10.1. The smallest absolute Gasteiger partial charge is 0.310 e. The van der Waals surface area contributed by atoms with E-state index in [1.54, 1.807) is 14.0 Å². The third-order valence-electron chi connectivity index (χ3n) is 2.64. The molecule has 0 bridgehead atoms. The third kappa shape index (κ3) is 3.54. The van der Waals surface area contributed by atoms with Gasteiger partial charge < -0.3 is 15.4 Å². The summed E-state index contributed by atoms with van der Waals surface area (Å²) in [6, 6.07) is 3.01. The number of hydrogen-bond acceptors (Lipinski definition) is 5. The van der Waals surface area contributed by atoms with E-state index in [-0.39, 0.29) is 17.8 Å². The minimum absolute atomic E-state index is 0.201. The predicted molar refractivity (Wildman–Crippen MR) is 70.1 cm³/mol. The first kappa shape index (κ1) is 14.7. The van der Waals surface area contributed by atoms with Crippen molar-refractivity contribution in [2.75, 3.05) is 20.7 Å². The van der Waals surface area contributed by atoms with Gasteiger partial charge >= 0.3 is 5.97 Å². The molecule has 0 aliphatic carbocycles. The fourth-order valence-electron chi connectivity index (χ4n) is 1.60. The van der Waals surface area contributed by atoms with E-state index >= 15 is 0 Å². The lowest BCUT2D eigenvalue weighted by Gasteiger charge is -2.23. The van der Waals surface area contributed by atoms with Crippen LogP contribution in [0.2, 0.25) is 0 Å². The lowest BCUT2D eigenvalue weighted by Crippen LogP contribution is -2.39. The fraction of sp³-hybridized carbons (Fsp3) is 0.500. The van der Waals surface area contributed by atoms with E-state index < -0.39 is 6.04 Å². The molecule has 0 aliphatic rings. The summed E-state index contributed by atoms with van der Waals surface area (Å²) in [5.74, 6) is -0.896. The van der Waals surface area contributed by atoms with Crippen LogP contribution < -0.4 is 5.73 Å². The maximum Gasteiger partial charge on any atom is 0.310 e. The van der Waals surface area contributed by atoms with Crippen molar-refractivity contribution in [3.63, 3.8) is 0 Å². The number of hydrogen-bond donors (Lipinski definition) is 1. The minimum Gasteiger partial charge on any atom is -0.469 e. The first-order valence-corrected chi connectivity index (χ1v) is 6.47. The molecule has 6 heteroatoms. The zero-order chi connectivity index (χ0) is 13.7. The molecule has 0 aromatic carbocycles. The number of nitrogens with zero attached hydrogens (tertiary/aromatic N) is 1. The summed E-state index contributed by atoms with van der Waals surface area (Å²) in [5.41, 5.74) is 5.87. The molecule has 1 aromatic rings. The lowest BCUT2D eigenvalue weighted by molar-refractivity contribution is -0.146. The predicted octanol–water partition coefficient (Wildman–Crippen LogP) is 1.02. The van der Waals surface area contributed by atoms with E-state index in [1.165, 1.54) is 23.3 Å². The average molecular weight is 270 g/mol.